The topological polar surface area (TPSA) is 56.1 Å². The lowest BCUT2D eigenvalue weighted by Crippen LogP contribution is -2.46. The third kappa shape index (κ3) is 3.28. The van der Waals surface area contributed by atoms with Crippen LogP contribution >= 0.6 is 11.6 Å². The Hall–Kier alpha value is -1.59. The second-order valence-electron chi connectivity index (χ2n) is 6.60. The van der Waals surface area contributed by atoms with Gasteiger partial charge in [-0.1, -0.05) is 18.0 Å². The Morgan fingerprint density at radius 1 is 1.46 bits per heavy atom. The quantitative estimate of drug-likeness (QED) is 0.835. The number of carbonyl (C=O) groups excluding carboxylic acids is 1. The fourth-order valence-electron chi connectivity index (χ4n) is 3.41. The molecule has 1 N–H and O–H groups in total. The second-order valence-corrected chi connectivity index (χ2v) is 7.04. The van der Waals surface area contributed by atoms with Gasteiger partial charge >= 0.3 is 0 Å². The van der Waals surface area contributed by atoms with Crippen molar-refractivity contribution in [1.82, 2.24) is 14.9 Å². The third-order valence-corrected chi connectivity index (χ3v) is 5.38. The first kappa shape index (κ1) is 17.2. The molecular formula is C18H24ClN3O2. The van der Waals surface area contributed by atoms with Crippen molar-refractivity contribution in [2.45, 2.75) is 32.1 Å². The van der Waals surface area contributed by atoms with Crippen LogP contribution in [0.25, 0.3) is 11.0 Å². The van der Waals surface area contributed by atoms with Crippen LogP contribution < -0.4 is 5.32 Å². The monoisotopic (exact) mass is 349 g/mol. The Labute approximate surface area is 147 Å². The van der Waals surface area contributed by atoms with Gasteiger partial charge in [-0.05, 0) is 37.5 Å². The fraction of sp³-hybridized carbons (Fsp3) is 0.556. The van der Waals surface area contributed by atoms with Gasteiger partial charge in [0.25, 0.3) is 0 Å². The minimum Gasteiger partial charge on any atom is -0.385 e. The molecular weight excluding hydrogens is 326 g/mol. The molecule has 1 aliphatic carbocycles. The van der Waals surface area contributed by atoms with Gasteiger partial charge in [-0.3, -0.25) is 4.79 Å². The Morgan fingerprint density at radius 2 is 2.25 bits per heavy atom. The van der Waals surface area contributed by atoms with E-state index in [1.807, 2.05) is 25.2 Å². The summed E-state index contributed by atoms with van der Waals surface area (Å²) in [5.41, 5.74) is 1.73. The number of imidazole rings is 1. The zero-order chi connectivity index (χ0) is 17.2. The van der Waals surface area contributed by atoms with Crippen LogP contribution in [0.2, 0.25) is 5.02 Å². The van der Waals surface area contributed by atoms with Gasteiger partial charge in [-0.25, -0.2) is 4.98 Å². The predicted molar refractivity (Wildman–Crippen MR) is 95.2 cm³/mol. The van der Waals surface area contributed by atoms with E-state index in [0.717, 1.165) is 42.5 Å². The molecule has 1 saturated carbocycles. The van der Waals surface area contributed by atoms with Crippen molar-refractivity contribution in [3.05, 3.63) is 29.0 Å². The van der Waals surface area contributed by atoms with E-state index in [9.17, 15) is 4.79 Å². The van der Waals surface area contributed by atoms with Gasteiger partial charge in [-0.2, -0.15) is 0 Å². The molecule has 6 heteroatoms. The number of carbonyl (C=O) groups is 1. The van der Waals surface area contributed by atoms with Crippen LogP contribution in [0.3, 0.4) is 0 Å². The van der Waals surface area contributed by atoms with Crippen LogP contribution in [-0.2, 0) is 23.0 Å². The summed E-state index contributed by atoms with van der Waals surface area (Å²) in [4.78, 5) is 17.2. The van der Waals surface area contributed by atoms with E-state index in [1.54, 1.807) is 7.11 Å². The predicted octanol–water partition coefficient (Wildman–Crippen LogP) is 3.09. The number of rotatable bonds is 7. The molecule has 1 aromatic heterocycles. The fourth-order valence-corrected chi connectivity index (χ4v) is 3.58. The average Bonchev–Trinajstić information content (AvgIpc) is 2.82. The zero-order valence-electron chi connectivity index (χ0n) is 14.3. The number of ether oxygens (including phenoxy) is 1. The third-order valence-electron chi connectivity index (χ3n) is 5.15. The highest BCUT2D eigenvalue weighted by molar-refractivity contribution is 6.31. The summed E-state index contributed by atoms with van der Waals surface area (Å²) in [6.45, 7) is 1.23. The summed E-state index contributed by atoms with van der Waals surface area (Å²) in [5.74, 6) is 1.11. The first-order valence-electron chi connectivity index (χ1n) is 8.44. The van der Waals surface area contributed by atoms with Gasteiger partial charge in [0.2, 0.25) is 5.91 Å². The maximum Gasteiger partial charge on any atom is 0.226 e. The number of aryl methyl sites for hydroxylation is 1. The van der Waals surface area contributed by atoms with Crippen molar-refractivity contribution in [2.24, 2.45) is 12.5 Å². The van der Waals surface area contributed by atoms with E-state index in [-0.39, 0.29) is 11.3 Å². The summed E-state index contributed by atoms with van der Waals surface area (Å²) < 4.78 is 7.21. The highest BCUT2D eigenvalue weighted by Crippen LogP contribution is 2.44. The van der Waals surface area contributed by atoms with Crippen LogP contribution in [-0.4, -0.2) is 35.7 Å². The van der Waals surface area contributed by atoms with Crippen LogP contribution in [0, 0.1) is 5.41 Å². The number of hydrogen-bond donors (Lipinski definition) is 1. The first-order valence-corrected chi connectivity index (χ1v) is 8.82. The summed E-state index contributed by atoms with van der Waals surface area (Å²) in [6, 6.07) is 5.71. The van der Waals surface area contributed by atoms with Crippen molar-refractivity contribution in [3.63, 3.8) is 0 Å². The van der Waals surface area contributed by atoms with E-state index < -0.39 is 0 Å². The summed E-state index contributed by atoms with van der Waals surface area (Å²) in [7, 11) is 3.68. The number of amides is 1. The number of halogens is 1. The van der Waals surface area contributed by atoms with E-state index in [4.69, 9.17) is 16.3 Å². The molecule has 0 bridgehead atoms. The summed E-state index contributed by atoms with van der Waals surface area (Å²) in [5, 5.41) is 3.78. The molecule has 0 radical (unpaired) electrons. The number of methoxy groups -OCH3 is 1. The molecule has 130 valence electrons. The summed E-state index contributed by atoms with van der Waals surface area (Å²) >= 11 is 6.02. The Bertz CT molecular complexity index is 737. The van der Waals surface area contributed by atoms with Gasteiger partial charge in [0.05, 0.1) is 16.4 Å². The Balaban J connectivity index is 1.60. The number of nitrogens with one attached hydrogen (secondary N) is 1. The van der Waals surface area contributed by atoms with Crippen molar-refractivity contribution < 1.29 is 9.53 Å². The minimum atomic E-state index is -0.212. The number of aromatic nitrogens is 2. The second kappa shape index (κ2) is 7.11. The molecule has 1 fully saturated rings. The molecule has 3 rings (SSSR count). The van der Waals surface area contributed by atoms with E-state index >= 15 is 0 Å². The van der Waals surface area contributed by atoms with Crippen LogP contribution in [0.5, 0.6) is 0 Å². The molecule has 1 heterocycles. The normalized spacial score (nSPS) is 16.1. The van der Waals surface area contributed by atoms with Gasteiger partial charge in [0.1, 0.15) is 5.82 Å². The molecule has 1 aromatic carbocycles. The van der Waals surface area contributed by atoms with Crippen LogP contribution in [0.1, 0.15) is 31.5 Å². The molecule has 0 unspecified atom stereocenters. The van der Waals surface area contributed by atoms with E-state index in [1.165, 1.54) is 0 Å². The zero-order valence-corrected chi connectivity index (χ0v) is 15.0. The smallest absolute Gasteiger partial charge is 0.226 e. The highest BCUT2D eigenvalue weighted by atomic mass is 35.5. The number of fused-ring (bicyclic) bond motifs is 1. The maximum absolute atomic E-state index is 12.5. The average molecular weight is 350 g/mol. The van der Waals surface area contributed by atoms with E-state index in [0.29, 0.717) is 24.6 Å². The molecule has 1 amide bonds. The van der Waals surface area contributed by atoms with Gasteiger partial charge in [0.15, 0.2) is 0 Å². The molecule has 0 saturated heterocycles. The molecule has 0 spiro atoms. The van der Waals surface area contributed by atoms with Gasteiger partial charge in [-0.15, -0.1) is 0 Å². The molecule has 2 aromatic rings. The van der Waals surface area contributed by atoms with Crippen LogP contribution in [0.15, 0.2) is 18.2 Å². The molecule has 0 aliphatic heterocycles. The lowest BCUT2D eigenvalue weighted by Gasteiger charge is -2.40. The molecule has 5 nitrogen and oxygen atoms in total. The number of nitrogens with zero attached hydrogens (tertiary/aromatic N) is 2. The molecule has 0 atom stereocenters. The molecule has 24 heavy (non-hydrogen) atoms. The largest absolute Gasteiger partial charge is 0.385 e. The van der Waals surface area contributed by atoms with Crippen molar-refractivity contribution in [1.29, 1.82) is 0 Å². The van der Waals surface area contributed by atoms with Crippen LogP contribution in [0.4, 0.5) is 0 Å². The molecule has 1 aliphatic rings. The van der Waals surface area contributed by atoms with Gasteiger partial charge in [0, 0.05) is 38.8 Å². The van der Waals surface area contributed by atoms with Gasteiger partial charge < -0.3 is 14.6 Å². The Morgan fingerprint density at radius 3 is 2.92 bits per heavy atom. The lowest BCUT2D eigenvalue weighted by molar-refractivity contribution is -0.137. The van der Waals surface area contributed by atoms with E-state index in [2.05, 4.69) is 14.9 Å². The number of hydrogen-bond acceptors (Lipinski definition) is 3. The van der Waals surface area contributed by atoms with Crippen molar-refractivity contribution in [3.8, 4) is 0 Å². The maximum atomic E-state index is 12.5. The lowest BCUT2D eigenvalue weighted by atomic mass is 9.66. The minimum absolute atomic E-state index is 0.160. The Kier molecular flexibility index (Phi) is 5.11. The standard InChI is InChI=1S/C18H24ClN3O2/c1-22-15-5-4-13(19)12-14(15)21-16(22)6-10-20-17(23)18(7-3-8-18)9-11-24-2/h4-5,12H,3,6-11H2,1-2H3,(H,20,23). The van der Waals surface area contributed by atoms with Crippen molar-refractivity contribution >= 4 is 28.5 Å². The highest BCUT2D eigenvalue weighted by Gasteiger charge is 2.43. The SMILES string of the molecule is COCCC1(C(=O)NCCc2nc3cc(Cl)ccc3n2C)CCC1. The van der Waals surface area contributed by atoms with Crippen molar-refractivity contribution in [2.75, 3.05) is 20.3 Å². The first-order chi connectivity index (χ1) is 11.6. The number of benzene rings is 1. The summed E-state index contributed by atoms with van der Waals surface area (Å²) in [6.07, 6.45) is 4.57.